The van der Waals surface area contributed by atoms with Gasteiger partial charge in [-0.15, -0.1) is 0 Å². The Labute approximate surface area is 112 Å². The second-order valence-electron chi connectivity index (χ2n) is 4.11. The van der Waals surface area contributed by atoms with Gasteiger partial charge in [0.1, 0.15) is 23.2 Å². The van der Waals surface area contributed by atoms with Crippen molar-refractivity contribution < 1.29 is 13.9 Å². The summed E-state index contributed by atoms with van der Waals surface area (Å²) in [6.07, 6.45) is 1.30. The quantitative estimate of drug-likeness (QED) is 0.793. The summed E-state index contributed by atoms with van der Waals surface area (Å²) in [5.41, 5.74) is 0.756. The molecular formula is C14H11BrO3. The van der Waals surface area contributed by atoms with Crippen LogP contribution in [-0.2, 0) is 6.42 Å². The lowest BCUT2D eigenvalue weighted by Gasteiger charge is -2.04. The van der Waals surface area contributed by atoms with Gasteiger partial charge in [-0.3, -0.25) is 0 Å². The highest BCUT2D eigenvalue weighted by Crippen LogP contribution is 2.30. The first-order chi connectivity index (χ1) is 8.74. The molecule has 0 saturated heterocycles. The summed E-state index contributed by atoms with van der Waals surface area (Å²) < 4.78 is 11.8. The molecule has 2 heterocycles. The zero-order valence-corrected chi connectivity index (χ0v) is 11.1. The standard InChI is InChI=1S/C14H11BrO3/c15-11-5-1-3-9-7-13(18-14(9)11)12(16)8-10-4-2-6-17-10/h1-7,12,16H,8H2. The molecule has 3 aromatic rings. The van der Waals surface area contributed by atoms with E-state index in [0.29, 0.717) is 12.2 Å². The lowest BCUT2D eigenvalue weighted by molar-refractivity contribution is 0.145. The van der Waals surface area contributed by atoms with Gasteiger partial charge in [-0.25, -0.2) is 0 Å². The molecule has 0 radical (unpaired) electrons. The van der Waals surface area contributed by atoms with Crippen molar-refractivity contribution in [2.24, 2.45) is 0 Å². The van der Waals surface area contributed by atoms with Crippen LogP contribution in [0.4, 0.5) is 0 Å². The first-order valence-electron chi connectivity index (χ1n) is 5.62. The molecule has 0 spiro atoms. The Morgan fingerprint density at radius 3 is 2.83 bits per heavy atom. The number of rotatable bonds is 3. The molecule has 0 fully saturated rings. The van der Waals surface area contributed by atoms with E-state index in [2.05, 4.69) is 15.9 Å². The lowest BCUT2D eigenvalue weighted by Crippen LogP contribution is -1.98. The van der Waals surface area contributed by atoms with E-state index in [0.717, 1.165) is 21.2 Å². The molecule has 1 atom stereocenters. The zero-order valence-electron chi connectivity index (χ0n) is 9.47. The van der Waals surface area contributed by atoms with E-state index < -0.39 is 6.10 Å². The Balaban J connectivity index is 1.92. The maximum atomic E-state index is 10.1. The minimum absolute atomic E-state index is 0.407. The van der Waals surface area contributed by atoms with Crippen molar-refractivity contribution in [3.8, 4) is 0 Å². The summed E-state index contributed by atoms with van der Waals surface area (Å²) in [4.78, 5) is 0. The van der Waals surface area contributed by atoms with E-state index in [-0.39, 0.29) is 0 Å². The van der Waals surface area contributed by atoms with Crippen molar-refractivity contribution in [3.63, 3.8) is 0 Å². The number of fused-ring (bicyclic) bond motifs is 1. The van der Waals surface area contributed by atoms with Gasteiger partial charge in [-0.05, 0) is 40.2 Å². The zero-order chi connectivity index (χ0) is 12.5. The van der Waals surface area contributed by atoms with Crippen LogP contribution in [0.15, 0.2) is 56.0 Å². The monoisotopic (exact) mass is 306 g/mol. The highest BCUT2D eigenvalue weighted by atomic mass is 79.9. The molecule has 0 aliphatic carbocycles. The number of aliphatic hydroxyl groups excluding tert-OH is 1. The van der Waals surface area contributed by atoms with Crippen LogP contribution in [0.3, 0.4) is 0 Å². The minimum atomic E-state index is -0.699. The van der Waals surface area contributed by atoms with Gasteiger partial charge in [0, 0.05) is 11.8 Å². The fraction of sp³-hybridized carbons (Fsp3) is 0.143. The molecule has 4 heteroatoms. The van der Waals surface area contributed by atoms with Crippen LogP contribution in [0.2, 0.25) is 0 Å². The van der Waals surface area contributed by atoms with Crippen molar-refractivity contribution in [1.29, 1.82) is 0 Å². The van der Waals surface area contributed by atoms with Crippen molar-refractivity contribution in [3.05, 3.63) is 58.7 Å². The Kier molecular flexibility index (Phi) is 2.97. The summed E-state index contributed by atoms with van der Waals surface area (Å²) in [5.74, 6) is 1.29. The van der Waals surface area contributed by atoms with Crippen molar-refractivity contribution in [1.82, 2.24) is 0 Å². The van der Waals surface area contributed by atoms with Crippen LogP contribution in [0.1, 0.15) is 17.6 Å². The Morgan fingerprint density at radius 1 is 1.22 bits per heavy atom. The third-order valence-electron chi connectivity index (χ3n) is 2.82. The molecule has 1 unspecified atom stereocenters. The summed E-state index contributed by atoms with van der Waals surface area (Å²) >= 11 is 3.43. The fourth-order valence-corrected chi connectivity index (χ4v) is 2.39. The summed E-state index contributed by atoms with van der Waals surface area (Å²) in [6.45, 7) is 0. The molecule has 1 N–H and O–H groups in total. The largest absolute Gasteiger partial charge is 0.469 e. The molecule has 2 aromatic heterocycles. The number of furan rings is 2. The number of aliphatic hydroxyl groups is 1. The summed E-state index contributed by atoms with van der Waals surface area (Å²) in [6, 6.07) is 11.3. The number of halogens is 1. The normalized spacial score (nSPS) is 13.0. The van der Waals surface area contributed by atoms with Gasteiger partial charge in [0.15, 0.2) is 0 Å². The topological polar surface area (TPSA) is 46.5 Å². The minimum Gasteiger partial charge on any atom is -0.469 e. The average molecular weight is 307 g/mol. The van der Waals surface area contributed by atoms with Crippen molar-refractivity contribution in [2.75, 3.05) is 0 Å². The highest BCUT2D eigenvalue weighted by molar-refractivity contribution is 9.10. The van der Waals surface area contributed by atoms with Gasteiger partial charge in [0.25, 0.3) is 0 Å². The summed E-state index contributed by atoms with van der Waals surface area (Å²) in [5, 5.41) is 11.1. The van der Waals surface area contributed by atoms with Gasteiger partial charge < -0.3 is 13.9 Å². The molecule has 18 heavy (non-hydrogen) atoms. The third-order valence-corrected chi connectivity index (χ3v) is 3.44. The van der Waals surface area contributed by atoms with Crippen LogP contribution >= 0.6 is 15.9 Å². The van der Waals surface area contributed by atoms with Gasteiger partial charge in [-0.1, -0.05) is 12.1 Å². The van der Waals surface area contributed by atoms with Crippen LogP contribution < -0.4 is 0 Å². The summed E-state index contributed by atoms with van der Waals surface area (Å²) in [7, 11) is 0. The van der Waals surface area contributed by atoms with Gasteiger partial charge >= 0.3 is 0 Å². The molecule has 0 bridgehead atoms. The van der Waals surface area contributed by atoms with Gasteiger partial charge in [0.2, 0.25) is 0 Å². The number of hydrogen-bond acceptors (Lipinski definition) is 3. The Bertz CT molecular complexity index is 655. The molecule has 3 rings (SSSR count). The van der Waals surface area contributed by atoms with E-state index in [1.54, 1.807) is 12.3 Å². The van der Waals surface area contributed by atoms with E-state index in [1.807, 2.05) is 30.3 Å². The first-order valence-corrected chi connectivity index (χ1v) is 6.42. The number of para-hydroxylation sites is 1. The van der Waals surface area contributed by atoms with Crippen molar-refractivity contribution >= 4 is 26.9 Å². The predicted molar refractivity (Wildman–Crippen MR) is 71.3 cm³/mol. The van der Waals surface area contributed by atoms with Crippen molar-refractivity contribution in [2.45, 2.75) is 12.5 Å². The molecule has 0 aliphatic rings. The maximum Gasteiger partial charge on any atom is 0.148 e. The Morgan fingerprint density at radius 2 is 2.11 bits per heavy atom. The lowest BCUT2D eigenvalue weighted by atomic mass is 10.1. The molecule has 3 nitrogen and oxygen atoms in total. The van der Waals surface area contributed by atoms with Crippen LogP contribution in [0.25, 0.3) is 11.0 Å². The van der Waals surface area contributed by atoms with E-state index >= 15 is 0 Å². The van der Waals surface area contributed by atoms with Gasteiger partial charge in [-0.2, -0.15) is 0 Å². The highest BCUT2D eigenvalue weighted by Gasteiger charge is 2.16. The first kappa shape index (κ1) is 11.6. The molecule has 92 valence electrons. The molecule has 1 aromatic carbocycles. The van der Waals surface area contributed by atoms with Crippen LogP contribution in [-0.4, -0.2) is 5.11 Å². The van der Waals surface area contributed by atoms with Crippen LogP contribution in [0, 0.1) is 0 Å². The second kappa shape index (κ2) is 4.63. The third kappa shape index (κ3) is 2.09. The second-order valence-corrected chi connectivity index (χ2v) is 4.96. The molecule has 0 amide bonds. The number of benzene rings is 1. The molecule has 0 aliphatic heterocycles. The molecular weight excluding hydrogens is 296 g/mol. The average Bonchev–Trinajstić information content (AvgIpc) is 2.97. The SMILES string of the molecule is OC(Cc1ccco1)c1cc2cccc(Br)c2o1. The van der Waals surface area contributed by atoms with Gasteiger partial charge in [0.05, 0.1) is 10.7 Å². The smallest absolute Gasteiger partial charge is 0.148 e. The number of hydrogen-bond donors (Lipinski definition) is 1. The Hall–Kier alpha value is -1.52. The van der Waals surface area contributed by atoms with E-state index in [4.69, 9.17) is 8.83 Å². The fourth-order valence-electron chi connectivity index (χ4n) is 1.93. The maximum absolute atomic E-state index is 10.1. The van der Waals surface area contributed by atoms with E-state index in [9.17, 15) is 5.11 Å². The van der Waals surface area contributed by atoms with E-state index in [1.165, 1.54) is 0 Å². The van der Waals surface area contributed by atoms with Crippen LogP contribution in [0.5, 0.6) is 0 Å². The predicted octanol–water partition coefficient (Wildman–Crippen LogP) is 4.06. The molecule has 0 saturated carbocycles.